The van der Waals surface area contributed by atoms with Gasteiger partial charge in [0.25, 0.3) is 0 Å². The van der Waals surface area contributed by atoms with Crippen LogP contribution in [0, 0.1) is 32.1 Å². The van der Waals surface area contributed by atoms with E-state index in [9.17, 15) is 0 Å². The molecule has 21 heavy (non-hydrogen) atoms. The lowest BCUT2D eigenvalue weighted by molar-refractivity contribution is 1.14. The standard InChI is InChI=1S/C7H8N4.C7H11N3/c1-5-2-3-6(4-8)7(10-5)11-9;1-5-3-6(2)9-7(4-5)10-8/h2-3H,9H2,1H3,(H,10,11);3-4H,8H2,1-2H3,(H,9,10). The van der Waals surface area contributed by atoms with Crippen LogP contribution in [0.25, 0.3) is 0 Å². The molecule has 7 heteroatoms. The maximum atomic E-state index is 8.55. The Hall–Kier alpha value is -2.69. The van der Waals surface area contributed by atoms with Crippen molar-refractivity contribution in [2.24, 2.45) is 11.7 Å². The van der Waals surface area contributed by atoms with E-state index in [2.05, 4.69) is 20.8 Å². The molecule has 0 radical (unpaired) electrons. The summed E-state index contributed by atoms with van der Waals surface area (Å²) < 4.78 is 0. The van der Waals surface area contributed by atoms with Gasteiger partial charge in [-0.05, 0) is 50.6 Å². The Kier molecular flexibility index (Phi) is 6.07. The van der Waals surface area contributed by atoms with Crippen LogP contribution in [0.2, 0.25) is 0 Å². The highest BCUT2D eigenvalue weighted by Gasteiger charge is 1.99. The Balaban J connectivity index is 0.000000211. The van der Waals surface area contributed by atoms with Crippen molar-refractivity contribution in [3.05, 3.63) is 46.8 Å². The summed E-state index contributed by atoms with van der Waals surface area (Å²) in [6.45, 7) is 5.78. The molecule has 2 heterocycles. The number of nitrogens with one attached hydrogen (secondary N) is 2. The number of nitriles is 1. The Morgan fingerprint density at radius 1 is 1.00 bits per heavy atom. The van der Waals surface area contributed by atoms with Crippen molar-refractivity contribution in [3.63, 3.8) is 0 Å². The topological polar surface area (TPSA) is 126 Å². The van der Waals surface area contributed by atoms with Crippen LogP contribution in [-0.4, -0.2) is 9.97 Å². The largest absolute Gasteiger partial charge is 0.308 e. The van der Waals surface area contributed by atoms with Crippen LogP contribution < -0.4 is 22.5 Å². The van der Waals surface area contributed by atoms with Crippen LogP contribution in [0.3, 0.4) is 0 Å². The molecule has 2 aromatic rings. The molecule has 7 nitrogen and oxygen atoms in total. The number of pyridine rings is 2. The predicted molar refractivity (Wildman–Crippen MR) is 83.0 cm³/mol. The number of rotatable bonds is 2. The van der Waals surface area contributed by atoms with Gasteiger partial charge in [0.2, 0.25) is 0 Å². The van der Waals surface area contributed by atoms with Crippen LogP contribution in [0.15, 0.2) is 24.3 Å². The molecule has 0 aliphatic carbocycles. The number of anilines is 2. The van der Waals surface area contributed by atoms with Gasteiger partial charge >= 0.3 is 0 Å². The summed E-state index contributed by atoms with van der Waals surface area (Å²) in [5.41, 5.74) is 8.28. The SMILES string of the molecule is Cc1cc(C)nc(NN)c1.Cc1ccc(C#N)c(NN)n1. The molecule has 0 fully saturated rings. The highest BCUT2D eigenvalue weighted by molar-refractivity contribution is 5.51. The molecule has 0 aromatic carbocycles. The van der Waals surface area contributed by atoms with Crippen molar-refractivity contribution >= 4 is 11.6 Å². The van der Waals surface area contributed by atoms with Crippen molar-refractivity contribution in [3.8, 4) is 6.07 Å². The van der Waals surface area contributed by atoms with Gasteiger partial charge in [0.05, 0.1) is 5.56 Å². The third-order valence-corrected chi connectivity index (χ3v) is 2.54. The average Bonchev–Trinajstić information content (AvgIpc) is 2.46. The summed E-state index contributed by atoms with van der Waals surface area (Å²) in [6, 6.07) is 9.31. The molecule has 0 saturated heterocycles. The van der Waals surface area contributed by atoms with E-state index in [1.807, 2.05) is 39.0 Å². The summed E-state index contributed by atoms with van der Waals surface area (Å²) in [7, 11) is 0. The Morgan fingerprint density at radius 2 is 1.71 bits per heavy atom. The number of aromatic nitrogens is 2. The summed E-state index contributed by atoms with van der Waals surface area (Å²) in [6.07, 6.45) is 0. The van der Waals surface area contributed by atoms with E-state index in [0.29, 0.717) is 11.4 Å². The van der Waals surface area contributed by atoms with Crippen molar-refractivity contribution in [2.45, 2.75) is 20.8 Å². The van der Waals surface area contributed by atoms with E-state index in [-0.39, 0.29) is 0 Å². The summed E-state index contributed by atoms with van der Waals surface area (Å²) in [5, 5.41) is 8.55. The van der Waals surface area contributed by atoms with Gasteiger partial charge in [-0.3, -0.25) is 0 Å². The molecule has 0 atom stereocenters. The predicted octanol–water partition coefficient (Wildman–Crippen LogP) is 1.53. The van der Waals surface area contributed by atoms with Gasteiger partial charge in [-0.2, -0.15) is 5.26 Å². The van der Waals surface area contributed by atoms with Gasteiger partial charge in [-0.25, -0.2) is 21.7 Å². The lowest BCUT2D eigenvalue weighted by Gasteiger charge is -2.00. The van der Waals surface area contributed by atoms with E-state index in [1.54, 1.807) is 12.1 Å². The lowest BCUT2D eigenvalue weighted by atomic mass is 10.2. The number of nitrogens with two attached hydrogens (primary N) is 2. The van der Waals surface area contributed by atoms with Gasteiger partial charge in [-0.1, -0.05) is 0 Å². The normalized spacial score (nSPS) is 9.14. The number of hydrogen-bond acceptors (Lipinski definition) is 7. The summed E-state index contributed by atoms with van der Waals surface area (Å²) in [5.74, 6) is 11.5. The lowest BCUT2D eigenvalue weighted by Crippen LogP contribution is -2.10. The molecule has 2 rings (SSSR count). The van der Waals surface area contributed by atoms with Crippen LogP contribution in [0.4, 0.5) is 11.6 Å². The van der Waals surface area contributed by atoms with Crippen molar-refractivity contribution in [1.82, 2.24) is 9.97 Å². The first-order chi connectivity index (χ1) is 9.99. The minimum atomic E-state index is 0.424. The van der Waals surface area contributed by atoms with Crippen LogP contribution in [-0.2, 0) is 0 Å². The highest BCUT2D eigenvalue weighted by Crippen LogP contribution is 2.09. The fourth-order valence-electron chi connectivity index (χ4n) is 1.67. The van der Waals surface area contributed by atoms with Crippen molar-refractivity contribution in [1.29, 1.82) is 5.26 Å². The van der Waals surface area contributed by atoms with Crippen LogP contribution in [0.5, 0.6) is 0 Å². The molecular formula is C14H19N7. The van der Waals surface area contributed by atoms with E-state index in [0.717, 1.165) is 17.2 Å². The number of nitrogens with zero attached hydrogens (tertiary/aromatic N) is 3. The third-order valence-electron chi connectivity index (χ3n) is 2.54. The number of hydrazine groups is 2. The molecule has 110 valence electrons. The molecule has 0 unspecified atom stereocenters. The van der Waals surface area contributed by atoms with Crippen molar-refractivity contribution < 1.29 is 0 Å². The minimum absolute atomic E-state index is 0.424. The molecule has 2 aromatic heterocycles. The van der Waals surface area contributed by atoms with E-state index in [1.165, 1.54) is 5.56 Å². The Morgan fingerprint density at radius 3 is 2.24 bits per heavy atom. The van der Waals surface area contributed by atoms with Gasteiger partial charge in [0, 0.05) is 11.4 Å². The Bertz CT molecular complexity index is 626. The molecule has 0 saturated carbocycles. The second-order valence-electron chi connectivity index (χ2n) is 4.42. The molecule has 0 aliphatic heterocycles. The molecular weight excluding hydrogens is 266 g/mol. The number of hydrogen-bond donors (Lipinski definition) is 4. The maximum absolute atomic E-state index is 8.55. The third kappa shape index (κ3) is 5.06. The van der Waals surface area contributed by atoms with E-state index < -0.39 is 0 Å². The fraction of sp³-hybridized carbons (Fsp3) is 0.214. The molecule has 0 amide bonds. The van der Waals surface area contributed by atoms with Gasteiger partial charge in [0.1, 0.15) is 11.9 Å². The minimum Gasteiger partial charge on any atom is -0.308 e. The van der Waals surface area contributed by atoms with Gasteiger partial charge in [0.15, 0.2) is 5.82 Å². The maximum Gasteiger partial charge on any atom is 0.158 e. The Labute approximate surface area is 124 Å². The quantitative estimate of drug-likeness (QED) is 0.487. The highest BCUT2D eigenvalue weighted by atomic mass is 15.3. The second kappa shape index (κ2) is 7.79. The zero-order valence-corrected chi connectivity index (χ0v) is 12.3. The zero-order chi connectivity index (χ0) is 15.8. The zero-order valence-electron chi connectivity index (χ0n) is 12.3. The van der Waals surface area contributed by atoms with Crippen LogP contribution >= 0.6 is 0 Å². The second-order valence-corrected chi connectivity index (χ2v) is 4.42. The van der Waals surface area contributed by atoms with Gasteiger partial charge in [-0.15, -0.1) is 0 Å². The van der Waals surface area contributed by atoms with Crippen molar-refractivity contribution in [2.75, 3.05) is 10.9 Å². The van der Waals surface area contributed by atoms with Crippen LogP contribution in [0.1, 0.15) is 22.5 Å². The first-order valence-corrected chi connectivity index (χ1v) is 6.26. The smallest absolute Gasteiger partial charge is 0.158 e. The summed E-state index contributed by atoms with van der Waals surface area (Å²) >= 11 is 0. The first-order valence-electron chi connectivity index (χ1n) is 6.26. The number of nitrogen functional groups attached to an aromatic ring is 2. The molecule has 6 N–H and O–H groups in total. The first kappa shape index (κ1) is 16.4. The van der Waals surface area contributed by atoms with E-state index in [4.69, 9.17) is 16.9 Å². The van der Waals surface area contributed by atoms with Gasteiger partial charge < -0.3 is 10.9 Å². The molecule has 0 aliphatic rings. The monoisotopic (exact) mass is 285 g/mol. The van der Waals surface area contributed by atoms with E-state index >= 15 is 0 Å². The molecule has 0 spiro atoms. The number of aryl methyl sites for hydroxylation is 3. The average molecular weight is 285 g/mol. The summed E-state index contributed by atoms with van der Waals surface area (Å²) in [4.78, 5) is 8.12. The fourth-order valence-corrected chi connectivity index (χ4v) is 1.67. The molecule has 0 bridgehead atoms.